The van der Waals surface area contributed by atoms with Crippen LogP contribution in [-0.4, -0.2) is 138 Å². The van der Waals surface area contributed by atoms with Gasteiger partial charge in [-0.25, -0.2) is 0 Å². The Hall–Kier alpha value is -2.69. The molecule has 2 aromatic heterocycles. The van der Waals surface area contributed by atoms with Crippen molar-refractivity contribution < 1.29 is 37.2 Å². The zero-order valence-electron chi connectivity index (χ0n) is 30.2. The molecule has 54 heavy (non-hydrogen) atoms. The number of hydrogen-bond acceptors (Lipinski definition) is 10. The molecule has 8 heterocycles. The predicted octanol–water partition coefficient (Wildman–Crippen LogP) is 4.78. The van der Waals surface area contributed by atoms with E-state index in [1.807, 2.05) is 48.5 Å². The van der Waals surface area contributed by atoms with E-state index >= 15 is 0 Å². The van der Waals surface area contributed by atoms with Crippen LogP contribution in [0.25, 0.3) is 21.8 Å². The average Bonchev–Trinajstić information content (AvgIpc) is 3.19. The van der Waals surface area contributed by atoms with Gasteiger partial charge in [-0.1, -0.05) is 12.2 Å². The monoisotopic (exact) mass is 788 g/mol. The summed E-state index contributed by atoms with van der Waals surface area (Å²) in [6.07, 6.45) is 11.2. The summed E-state index contributed by atoms with van der Waals surface area (Å²) in [5.74, 6) is 4.01. The average molecular weight is 789 g/mol. The molecule has 12 nitrogen and oxygen atoms in total. The number of piperidine rings is 6. The molecule has 4 N–H and O–H groups in total. The Morgan fingerprint density at radius 3 is 1.44 bits per heavy atom. The number of ether oxygens (including phenoxy) is 2. The number of pyridine rings is 2. The van der Waals surface area contributed by atoms with Crippen LogP contribution in [0.15, 0.2) is 86.2 Å². The molecule has 0 radical (unpaired) electrons. The van der Waals surface area contributed by atoms with Crippen molar-refractivity contribution >= 4 is 69.9 Å². The molecule has 0 amide bonds. The van der Waals surface area contributed by atoms with E-state index in [1.54, 1.807) is 26.6 Å². The molecule has 288 valence electrons. The molecule has 0 unspecified atom stereocenters. The molecular formula is C40H52CaN4O8S. The van der Waals surface area contributed by atoms with Crippen LogP contribution >= 0.6 is 0 Å². The van der Waals surface area contributed by atoms with E-state index in [1.165, 1.54) is 12.8 Å². The Kier molecular flexibility index (Phi) is 14.5. The fraction of sp³-hybridized carbons (Fsp3) is 0.450. The third-order valence-corrected chi connectivity index (χ3v) is 11.6. The molecule has 14 heteroatoms. The summed E-state index contributed by atoms with van der Waals surface area (Å²) < 4.78 is 42.3. The Bertz CT molecular complexity index is 1900. The second kappa shape index (κ2) is 18.5. The standard InChI is InChI=1S/2C20H24N2O2.Ca.H2O4S.2H/c2*1-3-13-12-22-9-7-14(13)10-19(22)20(23)16-6-8-21-18-5-4-15(24-2)11-17(16)18;;1-5(2,3)4;;/h2*3-6,8,11,13-14,19-20,23H,1,7,9-10,12H2,2H3;;(H2,1,2,3,4);;/t2*13-,14-,19-,20+;;;;/m00..../s1. The summed E-state index contributed by atoms with van der Waals surface area (Å²) in [5, 5.41) is 24.3. The van der Waals surface area contributed by atoms with Crippen molar-refractivity contribution in [3.8, 4) is 11.5 Å². The van der Waals surface area contributed by atoms with Crippen LogP contribution in [0.4, 0.5) is 0 Å². The van der Waals surface area contributed by atoms with Crippen LogP contribution in [0.1, 0.15) is 49.0 Å². The molecule has 0 aliphatic carbocycles. The first-order valence-corrected chi connectivity index (χ1v) is 19.5. The molecule has 6 fully saturated rings. The van der Waals surface area contributed by atoms with Crippen LogP contribution in [0, 0.1) is 23.7 Å². The van der Waals surface area contributed by atoms with Crippen molar-refractivity contribution in [2.45, 2.75) is 50.0 Å². The van der Waals surface area contributed by atoms with Crippen LogP contribution < -0.4 is 9.47 Å². The van der Waals surface area contributed by atoms with E-state index in [9.17, 15) is 10.2 Å². The maximum absolute atomic E-state index is 11.2. The SMILES string of the molecule is C=C[C@H]1C[N@]2CC[C@H]1C[C@H]2[C@H](O)c1ccnc2ccc(OC)cc12.C=C[C@H]1C[N@]2CC[C@H]1C[C@H]2[C@H](O)c1ccnc2ccc(OC)cc12.O=S(=O)(O)O.[CaH2]. The maximum atomic E-state index is 11.2. The van der Waals surface area contributed by atoms with Crippen LogP contribution in [0.2, 0.25) is 0 Å². The third-order valence-electron chi connectivity index (χ3n) is 11.6. The summed E-state index contributed by atoms with van der Waals surface area (Å²) in [6, 6.07) is 15.9. The van der Waals surface area contributed by atoms with Gasteiger partial charge < -0.3 is 19.7 Å². The number of hydrogen-bond donors (Lipinski definition) is 4. The van der Waals surface area contributed by atoms with Gasteiger partial charge in [-0.2, -0.15) is 8.42 Å². The number of fused-ring (bicyclic) bond motifs is 8. The molecule has 6 aliphatic heterocycles. The normalized spacial score (nSPS) is 28.0. The minimum absolute atomic E-state index is 0. The van der Waals surface area contributed by atoms with Gasteiger partial charge in [0.25, 0.3) is 0 Å². The van der Waals surface area contributed by atoms with E-state index in [2.05, 4.69) is 45.1 Å². The van der Waals surface area contributed by atoms with Crippen molar-refractivity contribution in [2.24, 2.45) is 23.7 Å². The van der Waals surface area contributed by atoms with Gasteiger partial charge in [0.15, 0.2) is 0 Å². The minimum atomic E-state index is -4.67. The fourth-order valence-corrected chi connectivity index (χ4v) is 8.89. The first-order valence-electron chi connectivity index (χ1n) is 18.1. The van der Waals surface area contributed by atoms with Crippen LogP contribution in [-0.2, 0) is 10.4 Å². The number of methoxy groups -OCH3 is 2. The number of aromatic nitrogens is 2. The second-order valence-corrected chi connectivity index (χ2v) is 15.3. The van der Waals surface area contributed by atoms with Crippen molar-refractivity contribution in [1.29, 1.82) is 0 Å². The van der Waals surface area contributed by atoms with Crippen molar-refractivity contribution in [2.75, 3.05) is 40.4 Å². The Morgan fingerprint density at radius 1 is 0.741 bits per heavy atom. The Morgan fingerprint density at radius 2 is 1.13 bits per heavy atom. The topological polar surface area (TPSA) is 166 Å². The summed E-state index contributed by atoms with van der Waals surface area (Å²) in [7, 11) is -1.34. The number of rotatable bonds is 8. The zero-order valence-corrected chi connectivity index (χ0v) is 31.1. The van der Waals surface area contributed by atoms with E-state index < -0.39 is 22.6 Å². The van der Waals surface area contributed by atoms with Crippen molar-refractivity contribution in [3.63, 3.8) is 0 Å². The predicted molar refractivity (Wildman–Crippen MR) is 213 cm³/mol. The second-order valence-electron chi connectivity index (χ2n) is 14.4. The summed E-state index contributed by atoms with van der Waals surface area (Å²) in [6.45, 7) is 12.1. The number of aliphatic hydroxyl groups excluding tert-OH is 2. The molecule has 6 aliphatic rings. The molecule has 10 rings (SSSR count). The quantitative estimate of drug-likeness (QED) is 0.110. The van der Waals surface area contributed by atoms with Gasteiger partial charge in [0.1, 0.15) is 11.5 Å². The number of nitrogens with zero attached hydrogens (tertiary/aromatic N) is 4. The van der Waals surface area contributed by atoms with Gasteiger partial charge in [0.2, 0.25) is 0 Å². The molecule has 6 saturated heterocycles. The van der Waals surface area contributed by atoms with Crippen molar-refractivity contribution in [3.05, 3.63) is 97.4 Å². The van der Waals surface area contributed by atoms with Crippen LogP contribution in [0.3, 0.4) is 0 Å². The van der Waals surface area contributed by atoms with E-state index in [0.717, 1.165) is 83.5 Å². The van der Waals surface area contributed by atoms with Gasteiger partial charge >= 0.3 is 48.1 Å². The van der Waals surface area contributed by atoms with Gasteiger partial charge in [0.05, 0.1) is 37.5 Å². The molecule has 4 bridgehead atoms. The number of aliphatic hydroxyl groups is 2. The van der Waals surface area contributed by atoms with Gasteiger partial charge in [-0.3, -0.25) is 28.9 Å². The fourth-order valence-electron chi connectivity index (χ4n) is 8.89. The summed E-state index contributed by atoms with van der Waals surface area (Å²) in [4.78, 5) is 13.7. The molecule has 2 aromatic carbocycles. The van der Waals surface area contributed by atoms with Crippen molar-refractivity contribution in [1.82, 2.24) is 19.8 Å². The number of benzene rings is 2. The molecular weight excluding hydrogens is 737 g/mol. The van der Waals surface area contributed by atoms with Gasteiger partial charge in [0, 0.05) is 48.3 Å². The summed E-state index contributed by atoms with van der Waals surface area (Å²) >= 11 is 0. The Labute approximate surface area is 347 Å². The Balaban J connectivity index is 0.000000182. The summed E-state index contributed by atoms with van der Waals surface area (Å²) in [5.41, 5.74) is 3.69. The van der Waals surface area contributed by atoms with E-state index in [0.29, 0.717) is 23.7 Å². The first kappa shape index (κ1) is 42.5. The molecule has 0 saturated carbocycles. The zero-order chi connectivity index (χ0) is 37.9. The van der Waals surface area contributed by atoms with Gasteiger partial charge in [-0.05, 0) is 122 Å². The van der Waals surface area contributed by atoms with Gasteiger partial charge in [-0.15, -0.1) is 13.2 Å². The molecule has 10 atom stereocenters. The third kappa shape index (κ3) is 9.63. The first-order chi connectivity index (χ1) is 25.4. The molecule has 4 aromatic rings. The van der Waals surface area contributed by atoms with E-state index in [4.69, 9.17) is 27.0 Å². The van der Waals surface area contributed by atoms with Crippen LogP contribution in [0.5, 0.6) is 11.5 Å². The van der Waals surface area contributed by atoms with E-state index in [-0.39, 0.29) is 49.8 Å². The molecule has 0 spiro atoms.